The van der Waals surface area contributed by atoms with Gasteiger partial charge in [-0.2, -0.15) is 5.26 Å². The normalized spacial score (nSPS) is 16.8. The average Bonchev–Trinajstić information content (AvgIpc) is 2.73. The van der Waals surface area contributed by atoms with Crippen LogP contribution in [0.3, 0.4) is 0 Å². The second kappa shape index (κ2) is 7.25. The van der Waals surface area contributed by atoms with E-state index in [1.807, 2.05) is 12.1 Å². The maximum Gasteiger partial charge on any atom is 0.146 e. The van der Waals surface area contributed by atoms with E-state index in [1.54, 1.807) is 7.11 Å². The van der Waals surface area contributed by atoms with Gasteiger partial charge in [0.2, 0.25) is 0 Å². The number of hydrogen-bond donors (Lipinski definition) is 0. The number of piperazine rings is 1. The molecular formula is C21H24N4O. The lowest BCUT2D eigenvalue weighted by Gasteiger charge is -2.37. The topological polar surface area (TPSA) is 52.4 Å². The number of nitriles is 1. The zero-order valence-corrected chi connectivity index (χ0v) is 15.2. The molecule has 2 heterocycles. The number of hydrogen-bond acceptors (Lipinski definition) is 5. The summed E-state index contributed by atoms with van der Waals surface area (Å²) < 4.78 is 5.34. The van der Waals surface area contributed by atoms with Crippen molar-refractivity contribution in [3.63, 3.8) is 0 Å². The zero-order chi connectivity index (χ0) is 17.9. The van der Waals surface area contributed by atoms with Gasteiger partial charge in [0.25, 0.3) is 0 Å². The molecule has 5 heteroatoms. The van der Waals surface area contributed by atoms with E-state index in [-0.39, 0.29) is 0 Å². The molecule has 0 atom stereocenters. The minimum Gasteiger partial charge on any atom is -0.497 e. The van der Waals surface area contributed by atoms with E-state index >= 15 is 0 Å². The van der Waals surface area contributed by atoms with E-state index in [2.05, 4.69) is 34.1 Å². The van der Waals surface area contributed by atoms with Crippen LogP contribution >= 0.6 is 0 Å². The van der Waals surface area contributed by atoms with Gasteiger partial charge < -0.3 is 14.5 Å². The largest absolute Gasteiger partial charge is 0.497 e. The first kappa shape index (κ1) is 16.7. The van der Waals surface area contributed by atoms with E-state index in [0.717, 1.165) is 56.2 Å². The van der Waals surface area contributed by atoms with Crippen LogP contribution in [0.25, 0.3) is 0 Å². The molecule has 1 fully saturated rings. The van der Waals surface area contributed by atoms with E-state index in [4.69, 9.17) is 9.72 Å². The van der Waals surface area contributed by atoms with Crippen molar-refractivity contribution < 1.29 is 4.74 Å². The number of aromatic nitrogens is 1. The molecule has 0 amide bonds. The molecule has 134 valence electrons. The fourth-order valence-electron chi connectivity index (χ4n) is 3.93. The lowest BCUT2D eigenvalue weighted by Crippen LogP contribution is -2.47. The Morgan fingerprint density at radius 2 is 1.81 bits per heavy atom. The second-order valence-corrected chi connectivity index (χ2v) is 6.96. The molecule has 1 saturated heterocycles. The third-order valence-corrected chi connectivity index (χ3v) is 5.40. The van der Waals surface area contributed by atoms with Gasteiger partial charge in [-0.05, 0) is 49.4 Å². The first-order chi connectivity index (χ1) is 12.8. The van der Waals surface area contributed by atoms with Crippen molar-refractivity contribution in [3.8, 4) is 11.8 Å². The lowest BCUT2D eigenvalue weighted by molar-refractivity contribution is 0.414. The first-order valence-corrected chi connectivity index (χ1v) is 9.35. The molecular weight excluding hydrogens is 324 g/mol. The van der Waals surface area contributed by atoms with Gasteiger partial charge in [0.15, 0.2) is 0 Å². The molecule has 0 saturated carbocycles. The molecule has 1 aliphatic heterocycles. The number of rotatable bonds is 3. The van der Waals surface area contributed by atoms with Crippen LogP contribution in [0.15, 0.2) is 30.3 Å². The summed E-state index contributed by atoms with van der Waals surface area (Å²) in [6, 6.07) is 12.6. The van der Waals surface area contributed by atoms with Crippen molar-refractivity contribution in [1.82, 2.24) is 4.98 Å². The summed E-state index contributed by atoms with van der Waals surface area (Å²) in [5.74, 6) is 1.76. The zero-order valence-electron chi connectivity index (χ0n) is 15.2. The Labute approximate surface area is 154 Å². The van der Waals surface area contributed by atoms with Crippen molar-refractivity contribution in [2.75, 3.05) is 43.1 Å². The quantitative estimate of drug-likeness (QED) is 0.853. The van der Waals surface area contributed by atoms with E-state index in [0.29, 0.717) is 0 Å². The number of methoxy groups -OCH3 is 1. The first-order valence-electron chi connectivity index (χ1n) is 9.35. The maximum absolute atomic E-state index is 9.60. The molecule has 1 aromatic heterocycles. The Morgan fingerprint density at radius 1 is 1.04 bits per heavy atom. The van der Waals surface area contributed by atoms with Gasteiger partial charge in [0.05, 0.1) is 12.7 Å². The maximum atomic E-state index is 9.60. The molecule has 0 spiro atoms. The molecule has 0 unspecified atom stereocenters. The summed E-state index contributed by atoms with van der Waals surface area (Å²) in [6.45, 7) is 3.57. The van der Waals surface area contributed by atoms with Crippen LogP contribution in [0.2, 0.25) is 0 Å². The molecule has 0 bridgehead atoms. The van der Waals surface area contributed by atoms with E-state index in [1.165, 1.54) is 29.8 Å². The standard InChI is InChI=1S/C21H24N4O/c1-26-19-7-4-6-18(14-19)24-9-11-25(12-10-24)21-17(15-22)13-16-5-2-3-8-20(16)23-21/h4,6-7,13-14H,2-3,5,8-12H2,1H3. The molecule has 1 aromatic carbocycles. The van der Waals surface area contributed by atoms with Crippen LogP contribution in [-0.2, 0) is 12.8 Å². The van der Waals surface area contributed by atoms with Crippen molar-refractivity contribution in [3.05, 3.63) is 47.2 Å². The van der Waals surface area contributed by atoms with Crippen LogP contribution in [0.5, 0.6) is 5.75 Å². The summed E-state index contributed by atoms with van der Waals surface area (Å²) in [5, 5.41) is 9.60. The highest BCUT2D eigenvalue weighted by Crippen LogP contribution is 2.28. The number of nitrogens with zero attached hydrogens (tertiary/aromatic N) is 4. The smallest absolute Gasteiger partial charge is 0.146 e. The van der Waals surface area contributed by atoms with E-state index in [9.17, 15) is 5.26 Å². The van der Waals surface area contributed by atoms with Gasteiger partial charge in [-0.1, -0.05) is 6.07 Å². The van der Waals surface area contributed by atoms with Crippen molar-refractivity contribution in [2.45, 2.75) is 25.7 Å². The van der Waals surface area contributed by atoms with Gasteiger partial charge in [0.1, 0.15) is 17.6 Å². The number of pyridine rings is 1. The number of fused-ring (bicyclic) bond motifs is 1. The van der Waals surface area contributed by atoms with Crippen LogP contribution in [-0.4, -0.2) is 38.3 Å². The van der Waals surface area contributed by atoms with Crippen LogP contribution in [0.4, 0.5) is 11.5 Å². The van der Waals surface area contributed by atoms with Crippen LogP contribution in [0, 0.1) is 11.3 Å². The predicted molar refractivity (Wildman–Crippen MR) is 103 cm³/mol. The third kappa shape index (κ3) is 3.20. The predicted octanol–water partition coefficient (Wildman–Crippen LogP) is 3.17. The molecule has 5 nitrogen and oxygen atoms in total. The van der Waals surface area contributed by atoms with Crippen molar-refractivity contribution in [2.24, 2.45) is 0 Å². The Morgan fingerprint density at radius 3 is 2.58 bits per heavy atom. The number of benzene rings is 1. The van der Waals surface area contributed by atoms with Gasteiger partial charge in [-0.3, -0.25) is 0 Å². The summed E-state index contributed by atoms with van der Waals surface area (Å²) >= 11 is 0. The molecule has 2 aliphatic rings. The highest BCUT2D eigenvalue weighted by molar-refractivity contribution is 5.58. The van der Waals surface area contributed by atoms with Gasteiger partial charge in [0, 0.05) is 43.6 Å². The molecule has 1 aliphatic carbocycles. The van der Waals surface area contributed by atoms with Gasteiger partial charge in [-0.15, -0.1) is 0 Å². The highest BCUT2D eigenvalue weighted by Gasteiger charge is 2.23. The summed E-state index contributed by atoms with van der Waals surface area (Å²) in [6.07, 6.45) is 4.51. The Bertz CT molecular complexity index is 834. The average molecular weight is 348 g/mol. The monoisotopic (exact) mass is 348 g/mol. The van der Waals surface area contributed by atoms with Gasteiger partial charge >= 0.3 is 0 Å². The fraction of sp³-hybridized carbons (Fsp3) is 0.429. The number of ether oxygens (including phenoxy) is 1. The Kier molecular flexibility index (Phi) is 4.66. The van der Waals surface area contributed by atoms with Gasteiger partial charge in [-0.25, -0.2) is 4.98 Å². The van der Waals surface area contributed by atoms with Crippen LogP contribution in [0.1, 0.15) is 29.7 Å². The second-order valence-electron chi connectivity index (χ2n) is 6.96. The minimum absolute atomic E-state index is 0.723. The molecule has 0 radical (unpaired) electrons. The number of aryl methyl sites for hydroxylation is 2. The summed E-state index contributed by atoms with van der Waals surface area (Å²) in [7, 11) is 1.70. The molecule has 2 aromatic rings. The molecule has 0 N–H and O–H groups in total. The Balaban J connectivity index is 1.52. The SMILES string of the molecule is COc1cccc(N2CCN(c3nc4c(cc3C#N)CCCC4)CC2)c1. The van der Waals surface area contributed by atoms with Crippen molar-refractivity contribution >= 4 is 11.5 Å². The highest BCUT2D eigenvalue weighted by atomic mass is 16.5. The third-order valence-electron chi connectivity index (χ3n) is 5.40. The van der Waals surface area contributed by atoms with Crippen molar-refractivity contribution in [1.29, 1.82) is 5.26 Å². The molecule has 26 heavy (non-hydrogen) atoms. The number of anilines is 2. The van der Waals surface area contributed by atoms with Crippen LogP contribution < -0.4 is 14.5 Å². The Hall–Kier alpha value is -2.74. The summed E-state index contributed by atoms with van der Waals surface area (Å²) in [4.78, 5) is 9.53. The molecule has 4 rings (SSSR count). The lowest BCUT2D eigenvalue weighted by atomic mass is 9.95. The fourth-order valence-corrected chi connectivity index (χ4v) is 3.93. The minimum atomic E-state index is 0.723. The summed E-state index contributed by atoms with van der Waals surface area (Å²) in [5.41, 5.74) is 4.37. The van der Waals surface area contributed by atoms with E-state index < -0.39 is 0 Å².